The van der Waals surface area contributed by atoms with Crippen molar-refractivity contribution >= 4 is 39.4 Å². The second-order valence-corrected chi connectivity index (χ2v) is 8.75. The number of carbonyl (C=O) groups excluding carboxylic acids is 1. The molecule has 4 aromatic rings. The van der Waals surface area contributed by atoms with Gasteiger partial charge in [-0.15, -0.1) is 11.3 Å². The Kier molecular flexibility index (Phi) is 6.05. The zero-order chi connectivity index (χ0) is 23.7. The monoisotopic (exact) mass is 480 g/mol. The number of pyridine rings is 1. The highest BCUT2D eigenvalue weighted by Crippen LogP contribution is 2.34. The predicted octanol–water partition coefficient (Wildman–Crippen LogP) is 2.22. The lowest BCUT2D eigenvalue weighted by Gasteiger charge is -2.35. The number of anilines is 2. The number of thiazole rings is 1. The number of piperazine rings is 1. The molecule has 0 aliphatic carbocycles. The first-order valence-electron chi connectivity index (χ1n) is 10.8. The van der Waals surface area contributed by atoms with Gasteiger partial charge in [-0.1, -0.05) is 0 Å². The van der Waals surface area contributed by atoms with Crippen LogP contribution in [0.3, 0.4) is 0 Å². The van der Waals surface area contributed by atoms with Crippen molar-refractivity contribution in [3.63, 3.8) is 0 Å². The number of ether oxygens (including phenoxy) is 1. The van der Waals surface area contributed by atoms with Crippen LogP contribution in [-0.2, 0) is 0 Å². The number of hydrogen-bond acceptors (Lipinski definition) is 9. The van der Waals surface area contributed by atoms with Gasteiger partial charge in [-0.25, -0.2) is 4.98 Å². The molecule has 34 heavy (non-hydrogen) atoms. The van der Waals surface area contributed by atoms with E-state index in [1.165, 1.54) is 11.3 Å². The number of aliphatic hydroxyl groups is 1. The number of fused-ring (bicyclic) bond motifs is 1. The summed E-state index contributed by atoms with van der Waals surface area (Å²) < 4.78 is 6.79. The zero-order valence-electron chi connectivity index (χ0n) is 18.4. The highest BCUT2D eigenvalue weighted by molar-refractivity contribution is 7.12. The number of nitrogens with zero attached hydrogens (tertiary/aromatic N) is 4. The number of hydrogen-bond donors (Lipinski definition) is 4. The van der Waals surface area contributed by atoms with Crippen molar-refractivity contribution in [1.82, 2.24) is 19.9 Å². The number of nitrogens with one attached hydrogen (secondary N) is 2. The minimum Gasteiger partial charge on any atom is -0.497 e. The smallest absolute Gasteiger partial charge is 0.275 e. The van der Waals surface area contributed by atoms with Gasteiger partial charge in [0, 0.05) is 54.2 Å². The topological polar surface area (TPSA) is 125 Å². The number of rotatable bonds is 6. The summed E-state index contributed by atoms with van der Waals surface area (Å²) in [5.74, 6) is 0.298. The summed E-state index contributed by atoms with van der Waals surface area (Å²) in [6, 6.07) is 7.24. The minimum atomic E-state index is -0.372. The molecule has 1 saturated heterocycles. The van der Waals surface area contributed by atoms with Crippen molar-refractivity contribution in [2.24, 2.45) is 0 Å². The Hall–Kier alpha value is -3.67. The van der Waals surface area contributed by atoms with E-state index in [0.29, 0.717) is 28.5 Å². The maximum atomic E-state index is 13.0. The molecule has 4 heterocycles. The number of amides is 1. The van der Waals surface area contributed by atoms with E-state index in [1.54, 1.807) is 41.7 Å². The van der Waals surface area contributed by atoms with Crippen LogP contribution in [0.2, 0.25) is 0 Å². The van der Waals surface area contributed by atoms with Crippen LogP contribution >= 0.6 is 11.3 Å². The molecule has 0 radical (unpaired) electrons. The Morgan fingerprint density at radius 3 is 3.09 bits per heavy atom. The Morgan fingerprint density at radius 1 is 1.38 bits per heavy atom. The van der Waals surface area contributed by atoms with Crippen LogP contribution in [0.25, 0.3) is 15.9 Å². The third kappa shape index (κ3) is 4.16. The molecule has 0 saturated carbocycles. The third-order valence-electron chi connectivity index (χ3n) is 5.79. The predicted molar refractivity (Wildman–Crippen MR) is 130 cm³/mol. The van der Waals surface area contributed by atoms with Crippen molar-refractivity contribution in [2.75, 3.05) is 43.6 Å². The van der Waals surface area contributed by atoms with E-state index < -0.39 is 0 Å². The Bertz CT molecular complexity index is 1340. The molecule has 5 rings (SSSR count). The second kappa shape index (κ2) is 9.29. The summed E-state index contributed by atoms with van der Waals surface area (Å²) in [5.41, 5.74) is 1.64. The van der Waals surface area contributed by atoms with Gasteiger partial charge in [0.05, 0.1) is 31.3 Å². The first kappa shape index (κ1) is 22.1. The van der Waals surface area contributed by atoms with Gasteiger partial charge in [0.1, 0.15) is 11.4 Å². The van der Waals surface area contributed by atoms with Crippen LogP contribution < -0.4 is 20.3 Å². The van der Waals surface area contributed by atoms with Crippen LogP contribution in [0, 0.1) is 0 Å². The van der Waals surface area contributed by atoms with Gasteiger partial charge in [-0.3, -0.25) is 14.3 Å². The van der Waals surface area contributed by atoms with Gasteiger partial charge < -0.3 is 30.5 Å². The molecule has 0 unspecified atom stereocenters. The maximum absolute atomic E-state index is 13.0. The van der Waals surface area contributed by atoms with E-state index in [4.69, 9.17) is 4.74 Å². The molecule has 0 spiro atoms. The van der Waals surface area contributed by atoms with E-state index in [-0.39, 0.29) is 30.1 Å². The van der Waals surface area contributed by atoms with Crippen molar-refractivity contribution in [2.45, 2.75) is 6.04 Å². The number of aromatic hydroxyl groups is 1. The Balaban J connectivity index is 1.38. The van der Waals surface area contributed by atoms with Crippen molar-refractivity contribution in [3.05, 3.63) is 53.9 Å². The molecule has 1 aromatic carbocycles. The molecule has 1 amide bonds. The Labute approximate surface area is 199 Å². The average molecular weight is 481 g/mol. The van der Waals surface area contributed by atoms with Gasteiger partial charge in [-0.05, 0) is 24.3 Å². The van der Waals surface area contributed by atoms with Crippen LogP contribution in [0.4, 0.5) is 11.4 Å². The molecule has 11 heteroatoms. The highest BCUT2D eigenvalue weighted by Gasteiger charge is 2.22. The molecular weight excluding hydrogens is 456 g/mol. The molecule has 1 aliphatic heterocycles. The molecule has 1 atom stereocenters. The van der Waals surface area contributed by atoms with Crippen LogP contribution in [-0.4, -0.2) is 70.0 Å². The van der Waals surface area contributed by atoms with Crippen LogP contribution in [0.15, 0.2) is 48.2 Å². The van der Waals surface area contributed by atoms with E-state index in [1.807, 2.05) is 18.2 Å². The van der Waals surface area contributed by atoms with Gasteiger partial charge in [0.15, 0.2) is 5.13 Å². The summed E-state index contributed by atoms with van der Waals surface area (Å²) in [6.45, 7) is 2.14. The number of aromatic nitrogens is 3. The fourth-order valence-corrected chi connectivity index (χ4v) is 4.82. The summed E-state index contributed by atoms with van der Waals surface area (Å²) in [7, 11) is 1.57. The molecule has 0 bridgehead atoms. The van der Waals surface area contributed by atoms with E-state index in [0.717, 1.165) is 24.2 Å². The summed E-state index contributed by atoms with van der Waals surface area (Å²) in [4.78, 5) is 23.7. The second-order valence-electron chi connectivity index (χ2n) is 7.92. The fourth-order valence-electron chi connectivity index (χ4n) is 4.04. The lowest BCUT2D eigenvalue weighted by Crippen LogP contribution is -2.52. The first-order valence-corrected chi connectivity index (χ1v) is 11.6. The number of carbonyl (C=O) groups is 1. The van der Waals surface area contributed by atoms with Crippen molar-refractivity contribution in [1.29, 1.82) is 0 Å². The van der Waals surface area contributed by atoms with Crippen molar-refractivity contribution < 1.29 is 19.7 Å². The van der Waals surface area contributed by atoms with E-state index in [2.05, 4.69) is 25.5 Å². The summed E-state index contributed by atoms with van der Waals surface area (Å²) in [5, 5.41) is 30.0. The molecule has 10 nitrogen and oxygen atoms in total. The van der Waals surface area contributed by atoms with Gasteiger partial charge in [0.25, 0.3) is 5.91 Å². The minimum absolute atomic E-state index is 0.0295. The molecule has 176 valence electrons. The van der Waals surface area contributed by atoms with Crippen LogP contribution in [0.5, 0.6) is 11.6 Å². The summed E-state index contributed by atoms with van der Waals surface area (Å²) in [6.07, 6.45) is 5.05. The number of aliphatic hydroxyl groups excluding tert-OH is 1. The molecule has 3 aromatic heterocycles. The third-order valence-corrected chi connectivity index (χ3v) is 6.63. The van der Waals surface area contributed by atoms with Crippen LogP contribution in [0.1, 0.15) is 10.5 Å². The molecule has 4 N–H and O–H groups in total. The molecule has 1 fully saturated rings. The lowest BCUT2D eigenvalue weighted by molar-refractivity contribution is 0.102. The first-order chi connectivity index (χ1) is 16.6. The van der Waals surface area contributed by atoms with Gasteiger partial charge in [-0.2, -0.15) is 0 Å². The standard InChI is InChI=1S/C23H24N6O4S/c1-33-16-3-2-14-10-29(22(32)17(14)8-16)23-27-19(13-34-23)21(31)26-18-9-24-5-4-20(18)28-7-6-25-15(11-28)12-30/h2-5,8-10,13,15,25,30,32H,6-7,11-12H2,1H3,(H,26,31)/t15-/m1/s1. The number of benzene rings is 1. The lowest BCUT2D eigenvalue weighted by atomic mass is 10.2. The summed E-state index contributed by atoms with van der Waals surface area (Å²) >= 11 is 1.25. The van der Waals surface area contributed by atoms with E-state index in [9.17, 15) is 15.0 Å². The Morgan fingerprint density at radius 2 is 2.26 bits per heavy atom. The average Bonchev–Trinajstić information content (AvgIpc) is 3.49. The van der Waals surface area contributed by atoms with Crippen molar-refractivity contribution in [3.8, 4) is 16.8 Å². The zero-order valence-corrected chi connectivity index (χ0v) is 19.2. The van der Waals surface area contributed by atoms with Gasteiger partial charge >= 0.3 is 0 Å². The fraction of sp³-hybridized carbons (Fsp3) is 0.261. The van der Waals surface area contributed by atoms with E-state index >= 15 is 0 Å². The largest absolute Gasteiger partial charge is 0.497 e. The number of methoxy groups -OCH3 is 1. The molecular formula is C23H24N6O4S. The normalized spacial score (nSPS) is 16.1. The molecule has 1 aliphatic rings. The van der Waals surface area contributed by atoms with Gasteiger partial charge in [0.2, 0.25) is 5.88 Å². The highest BCUT2D eigenvalue weighted by atomic mass is 32.1. The quantitative estimate of drug-likeness (QED) is 0.331. The maximum Gasteiger partial charge on any atom is 0.275 e. The SMILES string of the molecule is COc1ccc2cn(-c3nc(C(=O)Nc4cnccc4N4CCN[C@@H](CO)C4)cs3)c(O)c2c1.